The first-order valence-electron chi connectivity index (χ1n) is 6.82. The van der Waals surface area contributed by atoms with Crippen LogP contribution >= 0.6 is 0 Å². The molecule has 3 unspecified atom stereocenters. The molecule has 5 nitrogen and oxygen atoms in total. The zero-order valence-corrected chi connectivity index (χ0v) is 11.2. The predicted octanol–water partition coefficient (Wildman–Crippen LogP) is 0.522. The van der Waals surface area contributed by atoms with E-state index in [1.165, 1.54) is 0 Å². The molecule has 0 spiro atoms. The maximum atomic E-state index is 11.9. The van der Waals surface area contributed by atoms with Gasteiger partial charge in [0.15, 0.2) is 0 Å². The van der Waals surface area contributed by atoms with E-state index < -0.39 is 0 Å². The van der Waals surface area contributed by atoms with E-state index in [4.69, 9.17) is 11.5 Å². The van der Waals surface area contributed by atoms with Crippen molar-refractivity contribution >= 4 is 11.8 Å². The van der Waals surface area contributed by atoms with Crippen molar-refractivity contribution in [3.05, 3.63) is 0 Å². The number of nitrogens with two attached hydrogens (primary N) is 2. The van der Waals surface area contributed by atoms with Gasteiger partial charge in [0.2, 0.25) is 11.8 Å². The maximum absolute atomic E-state index is 11.9. The Balaban J connectivity index is 2.15. The molecule has 0 aromatic rings. The van der Waals surface area contributed by atoms with Crippen molar-refractivity contribution in [2.75, 3.05) is 6.54 Å². The van der Waals surface area contributed by atoms with Gasteiger partial charge in [0.05, 0.1) is 0 Å². The summed E-state index contributed by atoms with van der Waals surface area (Å²) >= 11 is 0. The number of hydrogen-bond donors (Lipinski definition) is 3. The summed E-state index contributed by atoms with van der Waals surface area (Å²) < 4.78 is 0. The van der Waals surface area contributed by atoms with Crippen LogP contribution in [0.1, 0.15) is 45.4 Å². The molecule has 1 aliphatic rings. The lowest BCUT2D eigenvalue weighted by Gasteiger charge is -2.31. The lowest BCUT2D eigenvalue weighted by molar-refractivity contribution is -0.126. The first-order chi connectivity index (χ1) is 8.50. The summed E-state index contributed by atoms with van der Waals surface area (Å²) in [7, 11) is 0. The third-order valence-electron chi connectivity index (χ3n) is 3.76. The molecule has 1 aliphatic carbocycles. The second-order valence-electron chi connectivity index (χ2n) is 5.37. The quantitative estimate of drug-likeness (QED) is 0.603. The lowest BCUT2D eigenvalue weighted by Crippen LogP contribution is -2.40. The van der Waals surface area contributed by atoms with Crippen LogP contribution in [0.5, 0.6) is 0 Å². The van der Waals surface area contributed by atoms with Gasteiger partial charge in [0, 0.05) is 24.9 Å². The van der Waals surface area contributed by atoms with Gasteiger partial charge >= 0.3 is 0 Å². The highest BCUT2D eigenvalue weighted by Crippen LogP contribution is 2.27. The fraction of sp³-hybridized carbons (Fsp3) is 0.846. The summed E-state index contributed by atoms with van der Waals surface area (Å²) in [6, 6.07) is 0.240. The van der Waals surface area contributed by atoms with E-state index in [-0.39, 0.29) is 23.8 Å². The molecule has 0 aliphatic heterocycles. The summed E-state index contributed by atoms with van der Waals surface area (Å²) in [5.41, 5.74) is 11.0. The summed E-state index contributed by atoms with van der Waals surface area (Å²) in [5, 5.41) is 2.93. The van der Waals surface area contributed by atoms with E-state index >= 15 is 0 Å². The van der Waals surface area contributed by atoms with E-state index in [9.17, 15) is 9.59 Å². The van der Waals surface area contributed by atoms with Crippen LogP contribution in [-0.2, 0) is 9.59 Å². The van der Waals surface area contributed by atoms with Crippen LogP contribution in [0.25, 0.3) is 0 Å². The molecule has 2 amide bonds. The molecule has 1 saturated carbocycles. The summed E-state index contributed by atoms with van der Waals surface area (Å²) in [6.07, 6.45) is 4.64. The number of unbranched alkanes of at least 4 members (excludes halogenated alkanes) is 1. The molecular weight excluding hydrogens is 230 g/mol. The van der Waals surface area contributed by atoms with Crippen molar-refractivity contribution in [3.63, 3.8) is 0 Å². The van der Waals surface area contributed by atoms with Gasteiger partial charge in [-0.3, -0.25) is 9.59 Å². The van der Waals surface area contributed by atoms with Crippen molar-refractivity contribution in [3.8, 4) is 0 Å². The minimum absolute atomic E-state index is 0.107. The van der Waals surface area contributed by atoms with Crippen LogP contribution in [-0.4, -0.2) is 24.4 Å². The molecule has 1 fully saturated rings. The van der Waals surface area contributed by atoms with Crippen molar-refractivity contribution in [1.29, 1.82) is 0 Å². The topological polar surface area (TPSA) is 98.2 Å². The van der Waals surface area contributed by atoms with E-state index in [0.717, 1.165) is 32.1 Å². The third kappa shape index (κ3) is 5.04. The van der Waals surface area contributed by atoms with Crippen LogP contribution in [0.15, 0.2) is 0 Å². The molecule has 0 aromatic carbocycles. The van der Waals surface area contributed by atoms with E-state index in [2.05, 4.69) is 12.2 Å². The highest BCUT2D eigenvalue weighted by molar-refractivity contribution is 5.78. The Morgan fingerprint density at radius 1 is 1.28 bits per heavy atom. The highest BCUT2D eigenvalue weighted by Gasteiger charge is 2.29. The monoisotopic (exact) mass is 255 g/mol. The predicted molar refractivity (Wildman–Crippen MR) is 70.5 cm³/mol. The van der Waals surface area contributed by atoms with Crippen LogP contribution in [0.4, 0.5) is 0 Å². The molecule has 3 atom stereocenters. The Labute approximate surface area is 109 Å². The molecule has 1 rings (SSSR count). The Morgan fingerprint density at radius 2 is 2.00 bits per heavy atom. The Morgan fingerprint density at radius 3 is 2.61 bits per heavy atom. The standard InChI is InChI=1S/C13H25N3O2/c1-9-8-10(5-6-11(9)14)13(18)16-7-3-2-4-12(15)17/h9-11H,2-8,14H2,1H3,(H2,15,17)(H,16,18). The second kappa shape index (κ2) is 7.36. The smallest absolute Gasteiger partial charge is 0.223 e. The lowest BCUT2D eigenvalue weighted by atomic mass is 9.79. The number of carbonyl (C=O) groups excluding carboxylic acids is 2. The molecule has 0 aromatic heterocycles. The molecule has 0 radical (unpaired) electrons. The van der Waals surface area contributed by atoms with Gasteiger partial charge in [-0.1, -0.05) is 6.92 Å². The molecule has 0 bridgehead atoms. The van der Waals surface area contributed by atoms with Crippen LogP contribution in [0, 0.1) is 11.8 Å². The first-order valence-corrected chi connectivity index (χ1v) is 6.82. The first kappa shape index (κ1) is 15.0. The number of carbonyl (C=O) groups is 2. The summed E-state index contributed by atoms with van der Waals surface area (Å²) in [6.45, 7) is 2.74. The number of amides is 2. The third-order valence-corrected chi connectivity index (χ3v) is 3.76. The minimum Gasteiger partial charge on any atom is -0.370 e. The number of primary amides is 1. The van der Waals surface area contributed by atoms with Crippen LogP contribution < -0.4 is 16.8 Å². The maximum Gasteiger partial charge on any atom is 0.223 e. The number of hydrogen-bond acceptors (Lipinski definition) is 3. The SMILES string of the molecule is CC1CC(C(=O)NCCCCC(N)=O)CCC1N. The van der Waals surface area contributed by atoms with Crippen molar-refractivity contribution < 1.29 is 9.59 Å². The zero-order valence-electron chi connectivity index (χ0n) is 11.2. The zero-order chi connectivity index (χ0) is 13.5. The van der Waals surface area contributed by atoms with Crippen molar-refractivity contribution in [2.24, 2.45) is 23.3 Å². The fourth-order valence-electron chi connectivity index (χ4n) is 2.44. The molecule has 5 N–H and O–H groups in total. The highest BCUT2D eigenvalue weighted by atomic mass is 16.2. The van der Waals surface area contributed by atoms with Crippen molar-refractivity contribution in [1.82, 2.24) is 5.32 Å². The molecular formula is C13H25N3O2. The summed E-state index contributed by atoms with van der Waals surface area (Å²) in [5.74, 6) is 0.379. The molecule has 0 saturated heterocycles. The van der Waals surface area contributed by atoms with Gasteiger partial charge in [-0.2, -0.15) is 0 Å². The molecule has 0 heterocycles. The van der Waals surface area contributed by atoms with Crippen molar-refractivity contribution in [2.45, 2.75) is 51.5 Å². The van der Waals surface area contributed by atoms with Crippen LogP contribution in [0.3, 0.4) is 0 Å². The van der Waals surface area contributed by atoms with Crippen LogP contribution in [0.2, 0.25) is 0 Å². The Kier molecular flexibility index (Phi) is 6.12. The largest absolute Gasteiger partial charge is 0.370 e. The molecule has 104 valence electrons. The molecule has 18 heavy (non-hydrogen) atoms. The van der Waals surface area contributed by atoms with Gasteiger partial charge in [-0.25, -0.2) is 0 Å². The van der Waals surface area contributed by atoms with Gasteiger partial charge in [-0.05, 0) is 38.0 Å². The number of nitrogens with one attached hydrogen (secondary N) is 1. The Hall–Kier alpha value is -1.10. The number of rotatable bonds is 6. The normalized spacial score (nSPS) is 27.8. The van der Waals surface area contributed by atoms with E-state index in [1.54, 1.807) is 0 Å². The summed E-state index contributed by atoms with van der Waals surface area (Å²) in [4.78, 5) is 22.4. The second-order valence-corrected chi connectivity index (χ2v) is 5.37. The average molecular weight is 255 g/mol. The molecule has 5 heteroatoms. The average Bonchev–Trinajstić information content (AvgIpc) is 2.31. The van der Waals surface area contributed by atoms with Gasteiger partial charge in [-0.15, -0.1) is 0 Å². The minimum atomic E-state index is -0.281. The fourth-order valence-corrected chi connectivity index (χ4v) is 2.44. The van der Waals surface area contributed by atoms with Gasteiger partial charge in [0.1, 0.15) is 0 Å². The van der Waals surface area contributed by atoms with Gasteiger partial charge in [0.25, 0.3) is 0 Å². The van der Waals surface area contributed by atoms with E-state index in [1.807, 2.05) is 0 Å². The Bertz CT molecular complexity index is 294. The van der Waals surface area contributed by atoms with Gasteiger partial charge < -0.3 is 16.8 Å². The van der Waals surface area contributed by atoms with E-state index in [0.29, 0.717) is 18.9 Å².